The largest absolute Gasteiger partial charge is 0.488 e. The number of nitrogens with one attached hydrogen (secondary N) is 1. The molecule has 0 atom stereocenters. The third-order valence-corrected chi connectivity index (χ3v) is 4.86. The summed E-state index contributed by atoms with van der Waals surface area (Å²) < 4.78 is 20.1. The predicted octanol–water partition coefficient (Wildman–Crippen LogP) is 7.09. The monoisotopic (exact) mass is 453 g/mol. The molecule has 0 saturated heterocycles. The highest BCUT2D eigenvalue weighted by Gasteiger charge is 2.08. The number of hydrogen-bond acceptors (Lipinski definition) is 2. The molecule has 3 rings (SSSR count). The maximum atomic E-state index is 13.2. The van der Waals surface area contributed by atoms with Gasteiger partial charge in [-0.3, -0.25) is 0 Å². The molecule has 0 unspecified atom stereocenters. The number of hydrogen-bond donors (Lipinski definition) is 1. The summed E-state index contributed by atoms with van der Waals surface area (Å²) >= 11 is 15.6. The minimum absolute atomic E-state index is 0.242. The lowest BCUT2D eigenvalue weighted by Crippen LogP contribution is -2.04. The van der Waals surface area contributed by atoms with E-state index in [4.69, 9.17) is 27.9 Å². The zero-order valence-corrected chi connectivity index (χ0v) is 16.7. The molecule has 3 aromatic rings. The van der Waals surface area contributed by atoms with Crippen LogP contribution in [0.3, 0.4) is 0 Å². The van der Waals surface area contributed by atoms with Gasteiger partial charge in [0, 0.05) is 32.9 Å². The van der Waals surface area contributed by atoms with Crippen molar-refractivity contribution < 1.29 is 9.13 Å². The first-order chi connectivity index (χ1) is 12.5. The minimum Gasteiger partial charge on any atom is -0.488 e. The molecule has 0 bridgehead atoms. The van der Waals surface area contributed by atoms with Crippen LogP contribution in [0.15, 0.2) is 65.1 Å². The van der Waals surface area contributed by atoms with Gasteiger partial charge in [0.15, 0.2) is 0 Å². The van der Waals surface area contributed by atoms with Crippen LogP contribution in [0, 0.1) is 5.82 Å². The Morgan fingerprint density at radius 3 is 2.42 bits per heavy atom. The summed E-state index contributed by atoms with van der Waals surface area (Å²) in [5.74, 6) is 0.323. The fraction of sp³-hybridized carbons (Fsp3) is 0.100. The summed E-state index contributed by atoms with van der Waals surface area (Å²) in [6, 6.07) is 17.6. The fourth-order valence-electron chi connectivity index (χ4n) is 2.39. The number of halogens is 4. The number of anilines is 1. The van der Waals surface area contributed by atoms with Crippen LogP contribution in [0.1, 0.15) is 11.1 Å². The summed E-state index contributed by atoms with van der Waals surface area (Å²) in [5, 5.41) is 4.31. The van der Waals surface area contributed by atoms with E-state index in [-0.39, 0.29) is 12.4 Å². The van der Waals surface area contributed by atoms with E-state index in [0.29, 0.717) is 22.3 Å². The second kappa shape index (κ2) is 8.76. The van der Waals surface area contributed by atoms with Crippen LogP contribution in [-0.4, -0.2) is 0 Å². The summed E-state index contributed by atoms with van der Waals surface area (Å²) in [6.07, 6.45) is 0. The van der Waals surface area contributed by atoms with Gasteiger partial charge in [0.05, 0.1) is 5.02 Å². The van der Waals surface area contributed by atoms with Gasteiger partial charge in [-0.25, -0.2) is 4.39 Å². The molecular weight excluding hydrogens is 440 g/mol. The Morgan fingerprint density at radius 1 is 0.923 bits per heavy atom. The highest BCUT2D eigenvalue weighted by Crippen LogP contribution is 2.26. The quantitative estimate of drug-likeness (QED) is 0.429. The topological polar surface area (TPSA) is 21.3 Å². The Bertz CT molecular complexity index is 903. The maximum absolute atomic E-state index is 13.2. The van der Waals surface area contributed by atoms with Crippen molar-refractivity contribution in [1.82, 2.24) is 0 Å². The van der Waals surface area contributed by atoms with Gasteiger partial charge >= 0.3 is 0 Å². The van der Waals surface area contributed by atoms with Crippen LogP contribution in [-0.2, 0) is 13.2 Å². The van der Waals surface area contributed by atoms with Crippen LogP contribution in [0.4, 0.5) is 10.1 Å². The third kappa shape index (κ3) is 5.13. The highest BCUT2D eigenvalue weighted by molar-refractivity contribution is 9.10. The molecule has 134 valence electrons. The zero-order chi connectivity index (χ0) is 18.5. The Hall–Kier alpha value is -1.75. The molecule has 0 spiro atoms. The molecule has 26 heavy (non-hydrogen) atoms. The lowest BCUT2D eigenvalue weighted by atomic mass is 10.2. The van der Waals surface area contributed by atoms with Crippen LogP contribution in [0.5, 0.6) is 5.75 Å². The number of ether oxygens (including phenoxy) is 1. The van der Waals surface area contributed by atoms with Gasteiger partial charge < -0.3 is 10.1 Å². The molecular formula is C20H15BrCl2FNO. The van der Waals surface area contributed by atoms with Crippen molar-refractivity contribution >= 4 is 44.8 Å². The van der Waals surface area contributed by atoms with Gasteiger partial charge in [-0.2, -0.15) is 0 Å². The first-order valence-electron chi connectivity index (χ1n) is 7.86. The highest BCUT2D eigenvalue weighted by atomic mass is 79.9. The van der Waals surface area contributed by atoms with Gasteiger partial charge in [0.25, 0.3) is 0 Å². The summed E-state index contributed by atoms with van der Waals surface area (Å²) in [4.78, 5) is 0. The standard InChI is InChI=1S/C20H15BrCl2FNO/c21-15-2-6-18(7-3-15)25-11-14-9-16(22)4-8-20(14)26-12-13-1-5-17(24)10-19(13)23/h1-10,25H,11-12H2. The van der Waals surface area contributed by atoms with Crippen LogP contribution < -0.4 is 10.1 Å². The normalized spacial score (nSPS) is 10.6. The number of benzene rings is 3. The molecule has 0 radical (unpaired) electrons. The van der Waals surface area contributed by atoms with Gasteiger partial charge in [0.1, 0.15) is 18.2 Å². The molecule has 0 amide bonds. The Labute approximate surface area is 170 Å². The average molecular weight is 455 g/mol. The van der Waals surface area contributed by atoms with E-state index in [1.807, 2.05) is 36.4 Å². The first kappa shape index (κ1) is 19.0. The molecule has 0 fully saturated rings. The molecule has 0 aliphatic heterocycles. The fourth-order valence-corrected chi connectivity index (χ4v) is 3.07. The van der Waals surface area contributed by atoms with Crippen molar-refractivity contribution in [3.05, 3.63) is 92.1 Å². The number of rotatable bonds is 6. The third-order valence-electron chi connectivity index (χ3n) is 3.75. The van der Waals surface area contributed by atoms with Gasteiger partial charge in [-0.05, 0) is 54.6 Å². The molecule has 0 heterocycles. The molecule has 0 saturated carbocycles. The van der Waals surface area contributed by atoms with Gasteiger partial charge in [0.2, 0.25) is 0 Å². The SMILES string of the molecule is Fc1ccc(COc2ccc(Cl)cc2CNc2ccc(Br)cc2)c(Cl)c1. The molecule has 0 aliphatic carbocycles. The smallest absolute Gasteiger partial charge is 0.124 e. The van der Waals surface area contributed by atoms with E-state index in [0.717, 1.165) is 21.3 Å². The lowest BCUT2D eigenvalue weighted by molar-refractivity contribution is 0.303. The summed E-state index contributed by atoms with van der Waals surface area (Å²) in [7, 11) is 0. The van der Waals surface area contributed by atoms with Crippen LogP contribution in [0.25, 0.3) is 0 Å². The lowest BCUT2D eigenvalue weighted by Gasteiger charge is -2.14. The van der Waals surface area contributed by atoms with Gasteiger partial charge in [-0.15, -0.1) is 0 Å². The molecule has 1 N–H and O–H groups in total. The van der Waals surface area contributed by atoms with E-state index in [1.165, 1.54) is 12.1 Å². The summed E-state index contributed by atoms with van der Waals surface area (Å²) in [5.41, 5.74) is 2.62. The van der Waals surface area contributed by atoms with Crippen LogP contribution >= 0.6 is 39.1 Å². The van der Waals surface area contributed by atoms with Gasteiger partial charge in [-0.1, -0.05) is 45.2 Å². The molecule has 3 aromatic carbocycles. The molecule has 6 heteroatoms. The Balaban J connectivity index is 1.71. The van der Waals surface area contributed by atoms with E-state index >= 15 is 0 Å². The minimum atomic E-state index is -0.371. The second-order valence-corrected chi connectivity index (χ2v) is 7.40. The molecule has 0 aliphatic rings. The zero-order valence-electron chi connectivity index (χ0n) is 13.6. The summed E-state index contributed by atoms with van der Waals surface area (Å²) in [6.45, 7) is 0.792. The Kier molecular flexibility index (Phi) is 6.41. The van der Waals surface area contributed by atoms with Crippen molar-refractivity contribution in [3.63, 3.8) is 0 Å². The van der Waals surface area contributed by atoms with Crippen molar-refractivity contribution in [2.24, 2.45) is 0 Å². The molecule has 0 aromatic heterocycles. The van der Waals surface area contributed by atoms with Crippen molar-refractivity contribution in [1.29, 1.82) is 0 Å². The van der Waals surface area contributed by atoms with Crippen molar-refractivity contribution in [2.75, 3.05) is 5.32 Å². The average Bonchev–Trinajstić information content (AvgIpc) is 2.62. The van der Waals surface area contributed by atoms with Crippen molar-refractivity contribution in [3.8, 4) is 5.75 Å². The Morgan fingerprint density at radius 2 is 1.69 bits per heavy atom. The van der Waals surface area contributed by atoms with E-state index in [1.54, 1.807) is 12.1 Å². The van der Waals surface area contributed by atoms with Crippen LogP contribution in [0.2, 0.25) is 10.0 Å². The van der Waals surface area contributed by atoms with Crippen molar-refractivity contribution in [2.45, 2.75) is 13.2 Å². The predicted molar refractivity (Wildman–Crippen MR) is 109 cm³/mol. The molecule has 2 nitrogen and oxygen atoms in total. The maximum Gasteiger partial charge on any atom is 0.124 e. The van der Waals surface area contributed by atoms with E-state index in [2.05, 4.69) is 21.2 Å². The first-order valence-corrected chi connectivity index (χ1v) is 9.41. The van der Waals surface area contributed by atoms with E-state index < -0.39 is 0 Å². The van der Waals surface area contributed by atoms with E-state index in [9.17, 15) is 4.39 Å². The second-order valence-electron chi connectivity index (χ2n) is 5.64.